The Balaban J connectivity index is 0.980. The number of fused-ring (bicyclic) bond motifs is 2. The van der Waals surface area contributed by atoms with Gasteiger partial charge in [0.15, 0.2) is 0 Å². The fraction of sp³-hybridized carbons (Fsp3) is 0.0968. The summed E-state index contributed by atoms with van der Waals surface area (Å²) in [5.74, 6) is 4.24. The minimum absolute atomic E-state index is 0.262. The highest BCUT2D eigenvalue weighted by Gasteiger charge is 2.20. The molecule has 6 heteroatoms. The number of hydrogen-bond acceptors (Lipinski definition) is 6. The summed E-state index contributed by atoms with van der Waals surface area (Å²) in [7, 11) is 0. The fourth-order valence-electron chi connectivity index (χ4n) is 8.31. The number of hydrogen-bond donors (Lipinski definition) is 0. The van der Waals surface area contributed by atoms with E-state index in [1.165, 1.54) is 0 Å². The molecule has 0 aliphatic rings. The van der Waals surface area contributed by atoms with Crippen molar-refractivity contribution in [1.82, 2.24) is 0 Å². The first-order valence-corrected chi connectivity index (χ1v) is 22.9. The van der Waals surface area contributed by atoms with Crippen LogP contribution in [0.3, 0.4) is 0 Å². The molecule has 0 bridgehead atoms. The maximum Gasteiger partial charge on any atom is 0.128 e. The van der Waals surface area contributed by atoms with E-state index < -0.39 is 0 Å². The van der Waals surface area contributed by atoms with Crippen LogP contribution in [0.1, 0.15) is 33.4 Å². The molecule has 10 aromatic carbocycles. The van der Waals surface area contributed by atoms with E-state index >= 15 is 0 Å². The Kier molecular flexibility index (Phi) is 13.5. The largest absolute Gasteiger partial charge is 0.489 e. The minimum Gasteiger partial charge on any atom is -0.489 e. The van der Waals surface area contributed by atoms with Crippen molar-refractivity contribution in [3.63, 3.8) is 0 Å². The first kappa shape index (κ1) is 43.4. The Hall–Kier alpha value is -8.48. The second kappa shape index (κ2) is 21.2. The predicted molar refractivity (Wildman–Crippen MR) is 272 cm³/mol. The highest BCUT2D eigenvalue weighted by Crippen LogP contribution is 2.46. The second-order valence-electron chi connectivity index (χ2n) is 16.6. The predicted octanol–water partition coefficient (Wildman–Crippen LogP) is 15.1. The van der Waals surface area contributed by atoms with Gasteiger partial charge in [-0.05, 0) is 91.3 Å². The standard InChI is InChI=1S/C62H50O6/c1-5-17-45(18-6-1)39-63-53-33-49(34-54(37-53)64-40-46-19-7-2-8-20-46)43-67-59-31-29-51-25-13-15-27-57(51)61(59)62-58-28-16-14-26-52(58)30-32-60(62)68-44-50-35-55(65-41-47-21-9-3-10-22-47)38-56(36-50)66-42-48-23-11-4-12-24-48/h1-38H,39-44H2. The summed E-state index contributed by atoms with van der Waals surface area (Å²) in [6.45, 7) is 2.23. The van der Waals surface area contributed by atoms with E-state index in [0.29, 0.717) is 49.4 Å². The van der Waals surface area contributed by atoms with E-state index in [2.05, 4.69) is 121 Å². The van der Waals surface area contributed by atoms with Gasteiger partial charge in [-0.25, -0.2) is 0 Å². The molecule has 68 heavy (non-hydrogen) atoms. The lowest BCUT2D eigenvalue weighted by atomic mass is 9.92. The van der Waals surface area contributed by atoms with Crippen LogP contribution in [0.5, 0.6) is 34.5 Å². The highest BCUT2D eigenvalue weighted by molar-refractivity contribution is 6.09. The molecule has 0 aliphatic carbocycles. The van der Waals surface area contributed by atoms with E-state index in [0.717, 1.165) is 77.6 Å². The maximum atomic E-state index is 6.95. The van der Waals surface area contributed by atoms with Gasteiger partial charge in [0, 0.05) is 23.3 Å². The molecule has 0 N–H and O–H groups in total. The second-order valence-corrected chi connectivity index (χ2v) is 16.6. The van der Waals surface area contributed by atoms with Crippen molar-refractivity contribution < 1.29 is 28.4 Å². The summed E-state index contributed by atoms with van der Waals surface area (Å²) in [5, 5.41) is 4.27. The molecule has 0 radical (unpaired) electrons. The average molecular weight is 891 g/mol. The van der Waals surface area contributed by atoms with Crippen LogP contribution in [0, 0.1) is 0 Å². The smallest absolute Gasteiger partial charge is 0.128 e. The monoisotopic (exact) mass is 890 g/mol. The van der Waals surface area contributed by atoms with Crippen molar-refractivity contribution in [2.75, 3.05) is 0 Å². The Morgan fingerprint density at radius 2 is 0.500 bits per heavy atom. The van der Waals surface area contributed by atoms with E-state index in [-0.39, 0.29) is 13.2 Å². The van der Waals surface area contributed by atoms with Crippen LogP contribution in [-0.2, 0) is 39.6 Å². The van der Waals surface area contributed by atoms with Crippen molar-refractivity contribution in [2.24, 2.45) is 0 Å². The molecule has 0 saturated heterocycles. The van der Waals surface area contributed by atoms with Crippen molar-refractivity contribution in [2.45, 2.75) is 39.6 Å². The Labute approximate surface area is 397 Å². The Morgan fingerprint density at radius 1 is 0.221 bits per heavy atom. The van der Waals surface area contributed by atoms with E-state index in [9.17, 15) is 0 Å². The third kappa shape index (κ3) is 11.0. The van der Waals surface area contributed by atoms with Crippen LogP contribution in [0.15, 0.2) is 231 Å². The fourth-order valence-corrected chi connectivity index (χ4v) is 8.31. The van der Waals surface area contributed by atoms with Crippen molar-refractivity contribution >= 4 is 21.5 Å². The summed E-state index contributed by atoms with van der Waals surface area (Å²) >= 11 is 0. The van der Waals surface area contributed by atoms with E-state index in [1.54, 1.807) is 0 Å². The zero-order chi connectivity index (χ0) is 45.7. The molecule has 0 amide bonds. The van der Waals surface area contributed by atoms with Gasteiger partial charge in [0.25, 0.3) is 0 Å². The van der Waals surface area contributed by atoms with Crippen LogP contribution >= 0.6 is 0 Å². The quantitative estimate of drug-likeness (QED) is 0.0806. The molecule has 334 valence electrons. The average Bonchev–Trinajstić information content (AvgIpc) is 3.40. The summed E-state index contributed by atoms with van der Waals surface area (Å²) in [4.78, 5) is 0. The molecule has 0 aromatic heterocycles. The lowest BCUT2D eigenvalue weighted by Crippen LogP contribution is -2.03. The molecular weight excluding hydrogens is 841 g/mol. The zero-order valence-corrected chi connectivity index (χ0v) is 37.6. The van der Waals surface area contributed by atoms with Gasteiger partial charge in [-0.1, -0.05) is 182 Å². The topological polar surface area (TPSA) is 55.4 Å². The Bertz CT molecular complexity index is 2890. The van der Waals surface area contributed by atoms with Crippen molar-refractivity contribution in [1.29, 1.82) is 0 Å². The van der Waals surface area contributed by atoms with Crippen LogP contribution < -0.4 is 28.4 Å². The molecule has 0 spiro atoms. The van der Waals surface area contributed by atoms with Crippen LogP contribution in [0.25, 0.3) is 32.7 Å². The van der Waals surface area contributed by atoms with Gasteiger partial charge in [0.05, 0.1) is 0 Å². The van der Waals surface area contributed by atoms with Gasteiger partial charge in [0.2, 0.25) is 0 Å². The van der Waals surface area contributed by atoms with Crippen LogP contribution in [-0.4, -0.2) is 0 Å². The van der Waals surface area contributed by atoms with E-state index in [1.807, 2.05) is 109 Å². The van der Waals surface area contributed by atoms with Gasteiger partial charge in [-0.15, -0.1) is 0 Å². The van der Waals surface area contributed by atoms with E-state index in [4.69, 9.17) is 28.4 Å². The van der Waals surface area contributed by atoms with Crippen LogP contribution in [0.4, 0.5) is 0 Å². The lowest BCUT2D eigenvalue weighted by Gasteiger charge is -2.20. The summed E-state index contributed by atoms with van der Waals surface area (Å²) in [6, 6.07) is 77.9. The first-order valence-electron chi connectivity index (χ1n) is 22.9. The van der Waals surface area contributed by atoms with Gasteiger partial charge in [-0.3, -0.25) is 0 Å². The molecule has 0 atom stereocenters. The first-order chi connectivity index (χ1) is 33.7. The molecule has 10 rings (SSSR count). The molecule has 0 aliphatic heterocycles. The number of ether oxygens (including phenoxy) is 6. The summed E-state index contributed by atoms with van der Waals surface area (Å²) < 4.78 is 39.4. The van der Waals surface area contributed by atoms with Gasteiger partial charge in [0.1, 0.15) is 74.1 Å². The third-order valence-electron chi connectivity index (χ3n) is 11.7. The number of benzene rings is 10. The molecule has 0 fully saturated rings. The lowest BCUT2D eigenvalue weighted by molar-refractivity contribution is 0.281. The Morgan fingerprint density at radius 3 is 0.824 bits per heavy atom. The van der Waals surface area contributed by atoms with Crippen molar-refractivity contribution in [3.8, 4) is 45.6 Å². The van der Waals surface area contributed by atoms with Gasteiger partial charge in [-0.2, -0.15) is 0 Å². The summed E-state index contributed by atoms with van der Waals surface area (Å²) in [6.07, 6.45) is 0. The SMILES string of the molecule is c1ccc(COc2cc(COc3ccc4ccccc4c3-c3c(OCc4cc(OCc5ccccc5)cc(OCc5ccccc5)c4)ccc4ccccc34)cc(OCc3ccccc3)c2)cc1. The zero-order valence-electron chi connectivity index (χ0n) is 37.6. The van der Waals surface area contributed by atoms with Gasteiger partial charge >= 0.3 is 0 Å². The molecule has 10 aromatic rings. The van der Waals surface area contributed by atoms with Crippen molar-refractivity contribution in [3.05, 3.63) is 264 Å². The third-order valence-corrected chi connectivity index (χ3v) is 11.7. The normalized spacial score (nSPS) is 11.0. The van der Waals surface area contributed by atoms with Gasteiger partial charge < -0.3 is 28.4 Å². The molecular formula is C62H50O6. The highest BCUT2D eigenvalue weighted by atomic mass is 16.5. The molecule has 6 nitrogen and oxygen atoms in total. The minimum atomic E-state index is 0.262. The molecule has 0 heterocycles. The van der Waals surface area contributed by atoms with Crippen LogP contribution in [0.2, 0.25) is 0 Å². The molecule has 0 saturated carbocycles. The summed E-state index contributed by atoms with van der Waals surface area (Å²) in [5.41, 5.74) is 8.02. The number of rotatable bonds is 19. The maximum absolute atomic E-state index is 6.95. The molecule has 0 unspecified atom stereocenters.